The van der Waals surface area contributed by atoms with Crippen molar-refractivity contribution in [3.05, 3.63) is 0 Å². The molecule has 0 amide bonds. The summed E-state index contributed by atoms with van der Waals surface area (Å²) in [7, 11) is 1.48. The topological polar surface area (TPSA) is 38.3 Å². The Kier molecular flexibility index (Phi) is 2.52. The van der Waals surface area contributed by atoms with Crippen LogP contribution in [0.5, 0.6) is 0 Å². The number of hydrogen-bond acceptors (Lipinski definition) is 3. The first-order valence-electron chi connectivity index (χ1n) is 5.44. The van der Waals surface area contributed by atoms with Gasteiger partial charge in [-0.25, -0.2) is 0 Å². The SMILES string of the molecule is COC(=O)C1CNCC1(C)CC1CC1. The molecule has 1 aliphatic heterocycles. The van der Waals surface area contributed by atoms with Crippen LogP contribution in [0.3, 0.4) is 0 Å². The van der Waals surface area contributed by atoms with Crippen LogP contribution in [-0.4, -0.2) is 26.2 Å². The molecule has 1 N–H and O–H groups in total. The smallest absolute Gasteiger partial charge is 0.310 e. The monoisotopic (exact) mass is 197 g/mol. The quantitative estimate of drug-likeness (QED) is 0.691. The molecular weight excluding hydrogens is 178 g/mol. The normalized spacial score (nSPS) is 37.1. The number of esters is 1. The molecule has 2 atom stereocenters. The highest BCUT2D eigenvalue weighted by Crippen LogP contribution is 2.45. The number of ether oxygens (including phenoxy) is 1. The van der Waals surface area contributed by atoms with Crippen LogP contribution in [0, 0.1) is 17.3 Å². The summed E-state index contributed by atoms with van der Waals surface area (Å²) in [6.07, 6.45) is 3.88. The summed E-state index contributed by atoms with van der Waals surface area (Å²) < 4.78 is 4.85. The van der Waals surface area contributed by atoms with E-state index in [1.54, 1.807) is 0 Å². The minimum Gasteiger partial charge on any atom is -0.469 e. The Morgan fingerprint density at radius 2 is 2.29 bits per heavy atom. The number of nitrogens with one attached hydrogen (secondary N) is 1. The van der Waals surface area contributed by atoms with Gasteiger partial charge in [0.15, 0.2) is 0 Å². The highest BCUT2D eigenvalue weighted by Gasteiger charge is 2.46. The Balaban J connectivity index is 2.03. The lowest BCUT2D eigenvalue weighted by Crippen LogP contribution is -2.33. The lowest BCUT2D eigenvalue weighted by molar-refractivity contribution is -0.148. The minimum atomic E-state index is -0.0434. The van der Waals surface area contributed by atoms with E-state index in [9.17, 15) is 4.79 Å². The first-order valence-corrected chi connectivity index (χ1v) is 5.44. The average molecular weight is 197 g/mol. The van der Waals surface area contributed by atoms with Gasteiger partial charge in [0.2, 0.25) is 0 Å². The van der Waals surface area contributed by atoms with Crippen LogP contribution in [0.4, 0.5) is 0 Å². The van der Waals surface area contributed by atoms with E-state index in [0.29, 0.717) is 0 Å². The summed E-state index contributed by atoms with van der Waals surface area (Å²) in [6, 6.07) is 0. The maximum absolute atomic E-state index is 11.6. The zero-order valence-electron chi connectivity index (χ0n) is 9.01. The Bertz CT molecular complexity index is 237. The second kappa shape index (κ2) is 3.54. The maximum atomic E-state index is 11.6. The number of carbonyl (C=O) groups excluding carboxylic acids is 1. The molecule has 0 spiro atoms. The fraction of sp³-hybridized carbons (Fsp3) is 0.909. The van der Waals surface area contributed by atoms with Crippen LogP contribution in [-0.2, 0) is 9.53 Å². The highest BCUT2D eigenvalue weighted by molar-refractivity contribution is 5.74. The molecule has 1 saturated heterocycles. The van der Waals surface area contributed by atoms with Gasteiger partial charge in [-0.2, -0.15) is 0 Å². The fourth-order valence-electron chi connectivity index (χ4n) is 2.58. The van der Waals surface area contributed by atoms with E-state index in [-0.39, 0.29) is 17.3 Å². The first-order chi connectivity index (χ1) is 6.65. The molecular formula is C11H19NO2. The molecule has 3 heteroatoms. The van der Waals surface area contributed by atoms with Crippen LogP contribution in [0.1, 0.15) is 26.2 Å². The third kappa shape index (κ3) is 1.78. The van der Waals surface area contributed by atoms with Gasteiger partial charge in [0.25, 0.3) is 0 Å². The van der Waals surface area contributed by atoms with E-state index in [0.717, 1.165) is 19.0 Å². The van der Waals surface area contributed by atoms with Crippen LogP contribution in [0.15, 0.2) is 0 Å². The zero-order chi connectivity index (χ0) is 10.2. The van der Waals surface area contributed by atoms with Gasteiger partial charge in [0.1, 0.15) is 0 Å². The van der Waals surface area contributed by atoms with Crippen molar-refractivity contribution in [3.63, 3.8) is 0 Å². The van der Waals surface area contributed by atoms with E-state index in [1.807, 2.05) is 0 Å². The van der Waals surface area contributed by atoms with Crippen molar-refractivity contribution in [2.75, 3.05) is 20.2 Å². The molecule has 0 radical (unpaired) electrons. The second-order valence-electron chi connectivity index (χ2n) is 5.01. The third-order valence-electron chi connectivity index (χ3n) is 3.66. The molecule has 0 aromatic carbocycles. The van der Waals surface area contributed by atoms with Gasteiger partial charge in [-0.15, -0.1) is 0 Å². The van der Waals surface area contributed by atoms with Gasteiger partial charge in [-0.05, 0) is 17.8 Å². The Labute approximate surface area is 85.2 Å². The third-order valence-corrected chi connectivity index (χ3v) is 3.66. The molecule has 3 nitrogen and oxygen atoms in total. The number of rotatable bonds is 3. The fourth-order valence-corrected chi connectivity index (χ4v) is 2.58. The van der Waals surface area contributed by atoms with Gasteiger partial charge in [-0.1, -0.05) is 19.8 Å². The summed E-state index contributed by atoms with van der Waals surface area (Å²) in [5.41, 5.74) is 0.133. The van der Waals surface area contributed by atoms with E-state index in [2.05, 4.69) is 12.2 Å². The molecule has 2 aliphatic rings. The Morgan fingerprint density at radius 1 is 1.57 bits per heavy atom. The predicted octanol–water partition coefficient (Wildman–Crippen LogP) is 1.19. The van der Waals surface area contributed by atoms with Crippen molar-refractivity contribution in [1.29, 1.82) is 0 Å². The van der Waals surface area contributed by atoms with Crippen molar-refractivity contribution < 1.29 is 9.53 Å². The molecule has 14 heavy (non-hydrogen) atoms. The number of hydrogen-bond donors (Lipinski definition) is 1. The summed E-state index contributed by atoms with van der Waals surface area (Å²) in [6.45, 7) is 3.96. The molecule has 80 valence electrons. The molecule has 2 unspecified atom stereocenters. The Hall–Kier alpha value is -0.570. The number of carbonyl (C=O) groups is 1. The molecule has 1 heterocycles. The van der Waals surface area contributed by atoms with E-state index in [4.69, 9.17) is 4.74 Å². The molecule has 0 aromatic rings. The van der Waals surface area contributed by atoms with Gasteiger partial charge in [-0.3, -0.25) is 4.79 Å². The van der Waals surface area contributed by atoms with Crippen LogP contribution < -0.4 is 5.32 Å². The van der Waals surface area contributed by atoms with E-state index >= 15 is 0 Å². The maximum Gasteiger partial charge on any atom is 0.310 e. The average Bonchev–Trinajstić information content (AvgIpc) is 2.87. The molecule has 2 rings (SSSR count). The van der Waals surface area contributed by atoms with Gasteiger partial charge in [0, 0.05) is 13.1 Å². The Morgan fingerprint density at radius 3 is 2.86 bits per heavy atom. The van der Waals surface area contributed by atoms with Gasteiger partial charge < -0.3 is 10.1 Å². The van der Waals surface area contributed by atoms with Crippen molar-refractivity contribution >= 4 is 5.97 Å². The zero-order valence-corrected chi connectivity index (χ0v) is 9.01. The lowest BCUT2D eigenvalue weighted by Gasteiger charge is -2.28. The molecule has 1 saturated carbocycles. The summed E-state index contributed by atoms with van der Waals surface area (Å²) >= 11 is 0. The predicted molar refractivity (Wildman–Crippen MR) is 53.8 cm³/mol. The summed E-state index contributed by atoms with van der Waals surface area (Å²) in [5.74, 6) is 0.887. The highest BCUT2D eigenvalue weighted by atomic mass is 16.5. The van der Waals surface area contributed by atoms with E-state index < -0.39 is 0 Å². The standard InChI is InChI=1S/C11H19NO2/c1-11(5-8-3-4-8)7-12-6-9(11)10(13)14-2/h8-9,12H,3-7H2,1-2H3. The second-order valence-corrected chi connectivity index (χ2v) is 5.01. The van der Waals surface area contributed by atoms with Crippen LogP contribution >= 0.6 is 0 Å². The van der Waals surface area contributed by atoms with Crippen molar-refractivity contribution in [1.82, 2.24) is 5.32 Å². The largest absolute Gasteiger partial charge is 0.469 e. The van der Waals surface area contributed by atoms with Crippen molar-refractivity contribution in [2.45, 2.75) is 26.2 Å². The van der Waals surface area contributed by atoms with Crippen molar-refractivity contribution in [2.24, 2.45) is 17.3 Å². The van der Waals surface area contributed by atoms with Gasteiger partial charge in [0.05, 0.1) is 13.0 Å². The lowest BCUT2D eigenvalue weighted by atomic mass is 9.76. The molecule has 1 aliphatic carbocycles. The first kappa shape index (κ1) is 9.97. The minimum absolute atomic E-state index is 0.0434. The summed E-state index contributed by atoms with van der Waals surface area (Å²) in [4.78, 5) is 11.6. The molecule has 0 bridgehead atoms. The van der Waals surface area contributed by atoms with Gasteiger partial charge >= 0.3 is 5.97 Å². The molecule has 2 fully saturated rings. The number of methoxy groups -OCH3 is 1. The van der Waals surface area contributed by atoms with Crippen molar-refractivity contribution in [3.8, 4) is 0 Å². The van der Waals surface area contributed by atoms with Crippen LogP contribution in [0.2, 0.25) is 0 Å². The van der Waals surface area contributed by atoms with Crippen LogP contribution in [0.25, 0.3) is 0 Å². The summed E-state index contributed by atoms with van der Waals surface area (Å²) in [5, 5.41) is 3.31. The molecule has 0 aromatic heterocycles. The van der Waals surface area contributed by atoms with E-state index in [1.165, 1.54) is 26.4 Å².